The van der Waals surface area contributed by atoms with Crippen molar-refractivity contribution in [2.75, 3.05) is 13.2 Å². The molecular weight excluding hydrogens is 118 g/mol. The Morgan fingerprint density at radius 1 is 1.78 bits per heavy atom. The Kier molecular flexibility index (Phi) is 4.59. The summed E-state index contributed by atoms with van der Waals surface area (Å²) in [5.74, 6) is 0. The predicted molar refractivity (Wildman–Crippen MR) is 35.0 cm³/mol. The minimum Gasteiger partial charge on any atom is -0.373 e. The number of nitrogens with zero attached hydrogens (tertiary/aromatic N) is 3. The van der Waals surface area contributed by atoms with Crippen molar-refractivity contribution in [2.24, 2.45) is 5.11 Å². The van der Waals surface area contributed by atoms with Crippen molar-refractivity contribution in [3.63, 3.8) is 0 Å². The van der Waals surface area contributed by atoms with E-state index in [-0.39, 0.29) is 6.10 Å². The third kappa shape index (κ3) is 4.87. The fraction of sp³-hybridized carbons (Fsp3) is 0.600. The average molecular weight is 127 g/mol. The second-order valence-electron chi connectivity index (χ2n) is 1.37. The van der Waals surface area contributed by atoms with Crippen LogP contribution in [0.2, 0.25) is 0 Å². The maximum Gasteiger partial charge on any atom is 0.0866 e. The summed E-state index contributed by atoms with van der Waals surface area (Å²) in [4.78, 5) is 2.56. The van der Waals surface area contributed by atoms with Gasteiger partial charge in [-0.3, -0.25) is 0 Å². The van der Waals surface area contributed by atoms with Gasteiger partial charge >= 0.3 is 0 Å². The van der Waals surface area contributed by atoms with Crippen LogP contribution in [0, 0.1) is 0 Å². The van der Waals surface area contributed by atoms with Gasteiger partial charge in [0.05, 0.1) is 19.3 Å². The van der Waals surface area contributed by atoms with Gasteiger partial charge in [0.1, 0.15) is 0 Å². The molecule has 1 aliphatic rings. The van der Waals surface area contributed by atoms with Crippen LogP contribution in [0.15, 0.2) is 18.3 Å². The zero-order valence-corrected chi connectivity index (χ0v) is 5.16. The minimum atomic E-state index is 0.232. The van der Waals surface area contributed by atoms with Crippen molar-refractivity contribution in [2.45, 2.75) is 6.10 Å². The van der Waals surface area contributed by atoms with E-state index in [2.05, 4.69) is 23.2 Å². The fourth-order valence-electron chi connectivity index (χ4n) is 0.301. The number of ether oxygens (including phenoxy) is 1. The summed E-state index contributed by atoms with van der Waals surface area (Å²) in [7, 11) is 0. The summed E-state index contributed by atoms with van der Waals surface area (Å²) in [5.41, 5.74) is 7.75. The van der Waals surface area contributed by atoms with Crippen molar-refractivity contribution in [1.29, 1.82) is 0 Å². The molecule has 0 aromatic heterocycles. The highest BCUT2D eigenvalue weighted by Gasteiger charge is 2.20. The van der Waals surface area contributed by atoms with E-state index < -0.39 is 0 Å². The van der Waals surface area contributed by atoms with Crippen LogP contribution < -0.4 is 0 Å². The van der Waals surface area contributed by atoms with E-state index in [0.29, 0.717) is 6.54 Å². The number of azide groups is 1. The van der Waals surface area contributed by atoms with E-state index in [1.54, 1.807) is 0 Å². The van der Waals surface area contributed by atoms with Crippen LogP contribution in [0.1, 0.15) is 0 Å². The van der Waals surface area contributed by atoms with Crippen LogP contribution in [-0.2, 0) is 4.74 Å². The smallest absolute Gasteiger partial charge is 0.0866 e. The topological polar surface area (TPSA) is 61.3 Å². The summed E-state index contributed by atoms with van der Waals surface area (Å²) in [6.45, 7) is 7.26. The molecule has 0 aromatic rings. The van der Waals surface area contributed by atoms with E-state index in [4.69, 9.17) is 10.3 Å². The zero-order chi connectivity index (χ0) is 7.11. The molecule has 0 saturated carbocycles. The lowest BCUT2D eigenvalue weighted by Crippen LogP contribution is -1.86. The highest BCUT2D eigenvalue weighted by molar-refractivity contribution is 4.71. The van der Waals surface area contributed by atoms with Gasteiger partial charge in [0.15, 0.2) is 0 Å². The lowest BCUT2D eigenvalue weighted by molar-refractivity contribution is 0.412. The summed E-state index contributed by atoms with van der Waals surface area (Å²) in [6.07, 6.45) is 0.232. The summed E-state index contributed by atoms with van der Waals surface area (Å²) < 4.78 is 4.75. The van der Waals surface area contributed by atoms with E-state index in [9.17, 15) is 0 Å². The Morgan fingerprint density at radius 3 is 2.67 bits per heavy atom. The highest BCUT2D eigenvalue weighted by Crippen LogP contribution is 2.07. The molecule has 1 atom stereocenters. The van der Waals surface area contributed by atoms with Crippen molar-refractivity contribution in [3.05, 3.63) is 23.6 Å². The first-order valence-corrected chi connectivity index (χ1v) is 2.56. The fourth-order valence-corrected chi connectivity index (χ4v) is 0.301. The Bertz CT molecular complexity index is 115. The Balaban J connectivity index is 0.000000291. The highest BCUT2D eigenvalue weighted by atomic mass is 16.6. The molecule has 1 saturated heterocycles. The van der Waals surface area contributed by atoms with E-state index in [0.717, 1.165) is 6.61 Å². The van der Waals surface area contributed by atoms with Crippen molar-refractivity contribution >= 4 is 0 Å². The number of hydrogen-bond acceptors (Lipinski definition) is 2. The lowest BCUT2D eigenvalue weighted by Gasteiger charge is -1.72. The standard InChI is InChI=1S/C3H5N3O.C2H4/c4-6-5-1-3-2-7-3;1-2/h3H,1-2H2;1-2H2. The molecule has 0 aliphatic carbocycles. The molecule has 9 heavy (non-hydrogen) atoms. The summed E-state index contributed by atoms with van der Waals surface area (Å²) in [6, 6.07) is 0. The molecule has 1 aliphatic heterocycles. The van der Waals surface area contributed by atoms with Gasteiger partial charge in [0, 0.05) is 4.91 Å². The van der Waals surface area contributed by atoms with Crippen molar-refractivity contribution < 1.29 is 4.74 Å². The molecule has 0 N–H and O–H groups in total. The lowest BCUT2D eigenvalue weighted by atomic mass is 10.5. The summed E-state index contributed by atoms with van der Waals surface area (Å²) >= 11 is 0. The third-order valence-corrected chi connectivity index (χ3v) is 0.751. The van der Waals surface area contributed by atoms with Gasteiger partial charge in [-0.25, -0.2) is 0 Å². The van der Waals surface area contributed by atoms with E-state index >= 15 is 0 Å². The third-order valence-electron chi connectivity index (χ3n) is 0.751. The number of hydrogen-bond donors (Lipinski definition) is 0. The molecule has 1 heterocycles. The molecule has 50 valence electrons. The molecule has 1 fully saturated rings. The Labute approximate surface area is 53.8 Å². The SMILES string of the molecule is C=C.[N-]=[N+]=NCC1CO1. The molecule has 0 amide bonds. The van der Waals surface area contributed by atoms with Gasteiger partial charge in [0.25, 0.3) is 0 Å². The van der Waals surface area contributed by atoms with Gasteiger partial charge in [0.2, 0.25) is 0 Å². The molecule has 1 rings (SSSR count). The monoisotopic (exact) mass is 127 g/mol. The van der Waals surface area contributed by atoms with E-state index in [1.807, 2.05) is 0 Å². The maximum absolute atomic E-state index is 7.75. The first kappa shape index (κ1) is 8.01. The molecule has 0 bridgehead atoms. The largest absolute Gasteiger partial charge is 0.373 e. The van der Waals surface area contributed by atoms with Crippen molar-refractivity contribution in [3.8, 4) is 0 Å². The molecule has 0 aromatic carbocycles. The average Bonchev–Trinajstić information content (AvgIpc) is 2.71. The van der Waals surface area contributed by atoms with Gasteiger partial charge in [-0.1, -0.05) is 5.11 Å². The van der Waals surface area contributed by atoms with Gasteiger partial charge in [-0.15, -0.1) is 13.2 Å². The number of rotatable bonds is 2. The molecule has 1 unspecified atom stereocenters. The second-order valence-corrected chi connectivity index (χ2v) is 1.37. The van der Waals surface area contributed by atoms with Crippen LogP contribution in [-0.4, -0.2) is 19.3 Å². The predicted octanol–water partition coefficient (Wildman–Crippen LogP) is 1.50. The Hall–Kier alpha value is -0.990. The normalized spacial score (nSPS) is 20.7. The molecule has 4 heteroatoms. The van der Waals surface area contributed by atoms with Crippen LogP contribution in [0.4, 0.5) is 0 Å². The van der Waals surface area contributed by atoms with Crippen LogP contribution >= 0.6 is 0 Å². The van der Waals surface area contributed by atoms with Gasteiger partial charge in [-0.05, 0) is 5.53 Å². The van der Waals surface area contributed by atoms with Crippen molar-refractivity contribution in [1.82, 2.24) is 0 Å². The Morgan fingerprint density at radius 2 is 2.33 bits per heavy atom. The number of epoxide rings is 1. The van der Waals surface area contributed by atoms with Crippen LogP contribution in [0.5, 0.6) is 0 Å². The molecular formula is C5H9N3O. The quantitative estimate of drug-likeness (QED) is 0.182. The first-order valence-electron chi connectivity index (χ1n) is 2.56. The second kappa shape index (κ2) is 5.15. The first-order chi connectivity index (χ1) is 4.43. The zero-order valence-electron chi connectivity index (χ0n) is 5.16. The molecule has 0 spiro atoms. The molecule has 4 nitrogen and oxygen atoms in total. The van der Waals surface area contributed by atoms with E-state index in [1.165, 1.54) is 0 Å². The van der Waals surface area contributed by atoms with Gasteiger partial charge < -0.3 is 4.74 Å². The van der Waals surface area contributed by atoms with Crippen LogP contribution in [0.25, 0.3) is 10.4 Å². The van der Waals surface area contributed by atoms with Gasteiger partial charge in [-0.2, -0.15) is 0 Å². The summed E-state index contributed by atoms with van der Waals surface area (Å²) in [5, 5.41) is 3.29. The maximum atomic E-state index is 7.75. The minimum absolute atomic E-state index is 0.232. The van der Waals surface area contributed by atoms with Crippen LogP contribution in [0.3, 0.4) is 0 Å². The molecule has 0 radical (unpaired) electrons.